The summed E-state index contributed by atoms with van der Waals surface area (Å²) in [7, 11) is 0. The highest BCUT2D eigenvalue weighted by molar-refractivity contribution is 5.61. The van der Waals surface area contributed by atoms with Gasteiger partial charge in [-0.1, -0.05) is 13.0 Å². The Bertz CT molecular complexity index is 184. The maximum Gasteiger partial charge on any atom is 0.0591 e. The molecule has 0 aromatic heterocycles. The Morgan fingerprint density at radius 1 is 1.82 bits per heavy atom. The highest BCUT2D eigenvalue weighted by Gasteiger charge is 2.10. The van der Waals surface area contributed by atoms with Crippen molar-refractivity contribution in [3.8, 4) is 0 Å². The zero-order chi connectivity index (χ0) is 8.27. The summed E-state index contributed by atoms with van der Waals surface area (Å²) < 4.78 is 0. The van der Waals surface area contributed by atoms with Crippen LogP contribution in [0.4, 0.5) is 0 Å². The van der Waals surface area contributed by atoms with Crippen LogP contribution in [-0.4, -0.2) is 18.8 Å². The first-order valence-corrected chi connectivity index (χ1v) is 3.94. The third-order valence-electron chi connectivity index (χ3n) is 1.81. The lowest BCUT2D eigenvalue weighted by atomic mass is 10.0. The van der Waals surface area contributed by atoms with Crippen LogP contribution in [0.5, 0.6) is 0 Å². The highest BCUT2D eigenvalue weighted by Crippen LogP contribution is 2.14. The van der Waals surface area contributed by atoms with Crippen molar-refractivity contribution in [2.24, 2.45) is 22.4 Å². The highest BCUT2D eigenvalue weighted by atomic mass is 14.8. The number of aliphatic imine (C=N–C) groups is 1. The molecule has 1 aliphatic heterocycles. The van der Waals surface area contributed by atoms with Crippen molar-refractivity contribution >= 4 is 6.21 Å². The minimum atomic E-state index is -0.0889. The van der Waals surface area contributed by atoms with Crippen molar-refractivity contribution in [3.05, 3.63) is 11.8 Å². The third-order valence-corrected chi connectivity index (χ3v) is 1.81. The molecule has 2 unspecified atom stereocenters. The zero-order valence-corrected chi connectivity index (χ0v) is 6.83. The van der Waals surface area contributed by atoms with Gasteiger partial charge in [0.2, 0.25) is 0 Å². The lowest BCUT2D eigenvalue weighted by Gasteiger charge is -2.15. The molecule has 4 N–H and O–H groups in total. The molecule has 0 bridgehead atoms. The molecule has 11 heavy (non-hydrogen) atoms. The van der Waals surface area contributed by atoms with Crippen molar-refractivity contribution in [3.63, 3.8) is 0 Å². The first-order valence-electron chi connectivity index (χ1n) is 3.94. The average Bonchev–Trinajstić information content (AvgIpc) is 2.03. The van der Waals surface area contributed by atoms with Crippen LogP contribution in [0.2, 0.25) is 0 Å². The van der Waals surface area contributed by atoms with E-state index in [1.165, 1.54) is 0 Å². The second kappa shape index (κ2) is 3.64. The van der Waals surface area contributed by atoms with Gasteiger partial charge in [0.1, 0.15) is 0 Å². The molecule has 0 spiro atoms. The van der Waals surface area contributed by atoms with Crippen LogP contribution >= 0.6 is 0 Å². The molecule has 3 nitrogen and oxygen atoms in total. The maximum absolute atomic E-state index is 5.70. The predicted molar refractivity (Wildman–Crippen MR) is 47.4 cm³/mol. The van der Waals surface area contributed by atoms with Crippen LogP contribution < -0.4 is 11.5 Å². The summed E-state index contributed by atoms with van der Waals surface area (Å²) in [5.41, 5.74) is 12.0. The van der Waals surface area contributed by atoms with Crippen LogP contribution in [0.25, 0.3) is 0 Å². The van der Waals surface area contributed by atoms with E-state index in [4.69, 9.17) is 11.5 Å². The Labute approximate surface area is 67.2 Å². The van der Waals surface area contributed by atoms with Gasteiger partial charge in [0, 0.05) is 12.8 Å². The van der Waals surface area contributed by atoms with Gasteiger partial charge in [-0.25, -0.2) is 0 Å². The van der Waals surface area contributed by atoms with Crippen LogP contribution in [0.15, 0.2) is 16.8 Å². The number of nitrogens with zero attached hydrogens (tertiary/aromatic N) is 1. The fourth-order valence-electron chi connectivity index (χ4n) is 1.07. The third kappa shape index (κ3) is 2.13. The summed E-state index contributed by atoms with van der Waals surface area (Å²) >= 11 is 0. The van der Waals surface area contributed by atoms with Gasteiger partial charge in [-0.05, 0) is 12.3 Å². The fourth-order valence-corrected chi connectivity index (χ4v) is 1.07. The second-order valence-electron chi connectivity index (χ2n) is 2.96. The van der Waals surface area contributed by atoms with Crippen molar-refractivity contribution < 1.29 is 0 Å². The summed E-state index contributed by atoms with van der Waals surface area (Å²) in [6.45, 7) is 2.62. The first kappa shape index (κ1) is 8.43. The standard InChI is InChI=1S/C8H15N3/c1-6-2-3-11-8(4-6)7(10)5-9/h3-4,6-7H,2,5,9-10H2,1H3. The molecule has 62 valence electrons. The molecule has 0 aromatic carbocycles. The SMILES string of the molecule is CC1C=C(C(N)CN)N=CC1. The van der Waals surface area contributed by atoms with E-state index in [0.29, 0.717) is 12.5 Å². The van der Waals surface area contributed by atoms with E-state index in [1.54, 1.807) is 0 Å². The summed E-state index contributed by atoms with van der Waals surface area (Å²) in [5, 5.41) is 0. The molecule has 0 saturated heterocycles. The molecule has 2 atom stereocenters. The van der Waals surface area contributed by atoms with E-state index >= 15 is 0 Å². The summed E-state index contributed by atoms with van der Waals surface area (Å²) in [6, 6.07) is -0.0889. The largest absolute Gasteiger partial charge is 0.329 e. The van der Waals surface area contributed by atoms with Gasteiger partial charge in [0.25, 0.3) is 0 Å². The van der Waals surface area contributed by atoms with Gasteiger partial charge < -0.3 is 11.5 Å². The first-order chi connectivity index (χ1) is 5.24. The van der Waals surface area contributed by atoms with Gasteiger partial charge in [-0.2, -0.15) is 0 Å². The quantitative estimate of drug-likeness (QED) is 0.598. The van der Waals surface area contributed by atoms with Gasteiger partial charge in [0.15, 0.2) is 0 Å². The van der Waals surface area contributed by atoms with Gasteiger partial charge in [-0.15, -0.1) is 0 Å². The van der Waals surface area contributed by atoms with Gasteiger partial charge in [-0.3, -0.25) is 4.99 Å². The molecule has 1 heterocycles. The molecule has 0 saturated carbocycles. The van der Waals surface area contributed by atoms with Crippen LogP contribution in [0.3, 0.4) is 0 Å². The van der Waals surface area contributed by atoms with E-state index in [-0.39, 0.29) is 6.04 Å². The van der Waals surface area contributed by atoms with Crippen LogP contribution in [-0.2, 0) is 0 Å². The topological polar surface area (TPSA) is 64.4 Å². The van der Waals surface area contributed by atoms with E-state index in [1.807, 2.05) is 6.21 Å². The molecule has 0 aromatic rings. The lowest BCUT2D eigenvalue weighted by molar-refractivity contribution is 0.700. The van der Waals surface area contributed by atoms with E-state index in [0.717, 1.165) is 12.1 Å². The van der Waals surface area contributed by atoms with Crippen molar-refractivity contribution in [2.75, 3.05) is 6.54 Å². The van der Waals surface area contributed by atoms with E-state index in [9.17, 15) is 0 Å². The molecule has 0 amide bonds. The van der Waals surface area contributed by atoms with Crippen molar-refractivity contribution in [1.82, 2.24) is 0 Å². The predicted octanol–water partition coefficient (Wildman–Crippen LogP) is 0.267. The fraction of sp³-hybridized carbons (Fsp3) is 0.625. The molecule has 1 aliphatic rings. The molecule has 3 heteroatoms. The average molecular weight is 153 g/mol. The van der Waals surface area contributed by atoms with Gasteiger partial charge >= 0.3 is 0 Å². The minimum absolute atomic E-state index is 0.0889. The monoisotopic (exact) mass is 153 g/mol. The van der Waals surface area contributed by atoms with E-state index < -0.39 is 0 Å². The molecule has 1 rings (SSSR count). The summed E-state index contributed by atoms with van der Waals surface area (Å²) in [5.74, 6) is 0.556. The molecular weight excluding hydrogens is 138 g/mol. The Morgan fingerprint density at radius 3 is 3.09 bits per heavy atom. The van der Waals surface area contributed by atoms with Crippen molar-refractivity contribution in [1.29, 1.82) is 0 Å². The van der Waals surface area contributed by atoms with Crippen LogP contribution in [0.1, 0.15) is 13.3 Å². The number of rotatable bonds is 2. The normalized spacial score (nSPS) is 26.5. The Hall–Kier alpha value is -0.670. The Kier molecular flexibility index (Phi) is 2.79. The number of nitrogens with two attached hydrogens (primary N) is 2. The molecular formula is C8H15N3. The van der Waals surface area contributed by atoms with Crippen molar-refractivity contribution in [2.45, 2.75) is 19.4 Å². The Morgan fingerprint density at radius 2 is 2.55 bits per heavy atom. The lowest BCUT2D eigenvalue weighted by Crippen LogP contribution is -2.32. The van der Waals surface area contributed by atoms with E-state index in [2.05, 4.69) is 18.0 Å². The second-order valence-corrected chi connectivity index (χ2v) is 2.96. The summed E-state index contributed by atoms with van der Waals surface area (Å²) in [4.78, 5) is 4.18. The van der Waals surface area contributed by atoms with Gasteiger partial charge in [0.05, 0.1) is 11.7 Å². The minimum Gasteiger partial charge on any atom is -0.329 e. The summed E-state index contributed by atoms with van der Waals surface area (Å²) in [6.07, 6.45) is 5.02. The number of hydrogen-bond donors (Lipinski definition) is 2. The number of hydrogen-bond acceptors (Lipinski definition) is 3. The smallest absolute Gasteiger partial charge is 0.0591 e. The molecule has 0 radical (unpaired) electrons. The zero-order valence-electron chi connectivity index (χ0n) is 6.83. The molecule has 0 aliphatic carbocycles. The number of allylic oxidation sites excluding steroid dienone is 1. The maximum atomic E-state index is 5.70. The Balaban J connectivity index is 2.63. The van der Waals surface area contributed by atoms with Crippen LogP contribution in [0, 0.1) is 5.92 Å². The molecule has 0 fully saturated rings.